The smallest absolute Gasteiger partial charge is 0.321 e. The predicted molar refractivity (Wildman–Crippen MR) is 68.5 cm³/mol. The largest absolute Gasteiger partial charge is 0.468 e. The Morgan fingerprint density at radius 1 is 1.41 bits per heavy atom. The molecule has 1 aromatic rings. The van der Waals surface area contributed by atoms with Crippen molar-refractivity contribution in [2.45, 2.75) is 4.83 Å². The van der Waals surface area contributed by atoms with Crippen molar-refractivity contribution in [2.75, 3.05) is 13.7 Å². The van der Waals surface area contributed by atoms with Gasteiger partial charge in [-0.25, -0.2) is 0 Å². The number of ether oxygens (including phenoxy) is 1. The maximum Gasteiger partial charge on any atom is 0.321 e. The number of methoxy groups -OCH3 is 1. The molecule has 6 heteroatoms. The predicted octanol–water partition coefficient (Wildman–Crippen LogP) is 2.01. The number of carbonyl (C=O) groups excluding carboxylic acids is 2. The second-order valence-electron chi connectivity index (χ2n) is 3.21. The van der Waals surface area contributed by atoms with Gasteiger partial charge in [-0.15, -0.1) is 0 Å². The summed E-state index contributed by atoms with van der Waals surface area (Å²) in [5, 5.41) is 3.17. The first-order chi connectivity index (χ1) is 8.04. The Morgan fingerprint density at radius 3 is 2.53 bits per heavy atom. The van der Waals surface area contributed by atoms with E-state index in [1.54, 1.807) is 24.3 Å². The van der Waals surface area contributed by atoms with E-state index >= 15 is 0 Å². The maximum absolute atomic E-state index is 11.6. The van der Waals surface area contributed by atoms with Gasteiger partial charge in [0, 0.05) is 17.1 Å². The number of hydrogen-bond acceptors (Lipinski definition) is 3. The highest BCUT2D eigenvalue weighted by atomic mass is 79.9. The molecule has 17 heavy (non-hydrogen) atoms. The molecule has 0 aliphatic heterocycles. The average molecular weight is 321 g/mol. The van der Waals surface area contributed by atoms with Crippen molar-refractivity contribution in [3.63, 3.8) is 0 Å². The van der Waals surface area contributed by atoms with Crippen molar-refractivity contribution < 1.29 is 14.3 Å². The number of esters is 1. The van der Waals surface area contributed by atoms with Crippen LogP contribution in [0.25, 0.3) is 0 Å². The summed E-state index contributed by atoms with van der Waals surface area (Å²) in [5.74, 6) is -0.698. The first kappa shape index (κ1) is 14.0. The molecule has 1 aromatic carbocycles. The minimum absolute atomic E-state index is 0.161. The molecule has 4 nitrogen and oxygen atoms in total. The molecular formula is C11H11BrClNO3. The summed E-state index contributed by atoms with van der Waals surface area (Å²) in [6.45, 7) is 0.161. The van der Waals surface area contributed by atoms with E-state index in [9.17, 15) is 9.59 Å². The van der Waals surface area contributed by atoms with E-state index in [2.05, 4.69) is 26.0 Å². The molecule has 92 valence electrons. The molecule has 0 aliphatic rings. The summed E-state index contributed by atoms with van der Waals surface area (Å²) < 4.78 is 4.51. The zero-order chi connectivity index (χ0) is 12.8. The minimum Gasteiger partial charge on any atom is -0.468 e. The number of hydrogen-bond donors (Lipinski definition) is 1. The van der Waals surface area contributed by atoms with Gasteiger partial charge in [0.25, 0.3) is 5.91 Å². The summed E-state index contributed by atoms with van der Waals surface area (Å²) in [5.41, 5.74) is 0.485. The Bertz CT molecular complexity index is 408. The van der Waals surface area contributed by atoms with Crippen LogP contribution in [0, 0.1) is 0 Å². The molecule has 1 unspecified atom stereocenters. The van der Waals surface area contributed by atoms with Gasteiger partial charge in [-0.3, -0.25) is 9.59 Å². The van der Waals surface area contributed by atoms with E-state index in [-0.39, 0.29) is 12.5 Å². The van der Waals surface area contributed by atoms with E-state index in [1.807, 2.05) is 0 Å². The fourth-order valence-electron chi connectivity index (χ4n) is 1.10. The fourth-order valence-corrected chi connectivity index (χ4v) is 1.57. The maximum atomic E-state index is 11.6. The third-order valence-electron chi connectivity index (χ3n) is 2.01. The van der Waals surface area contributed by atoms with Crippen LogP contribution in [-0.4, -0.2) is 30.4 Å². The number of nitrogens with one attached hydrogen (secondary N) is 1. The highest BCUT2D eigenvalue weighted by Gasteiger charge is 2.16. The SMILES string of the molecule is COC(=O)C(Br)CNC(=O)c1ccc(Cl)cc1. The molecule has 1 N–H and O–H groups in total. The van der Waals surface area contributed by atoms with E-state index in [0.29, 0.717) is 10.6 Å². The molecule has 1 rings (SSSR count). The monoisotopic (exact) mass is 319 g/mol. The third-order valence-corrected chi connectivity index (χ3v) is 2.95. The lowest BCUT2D eigenvalue weighted by molar-refractivity contribution is -0.139. The van der Waals surface area contributed by atoms with Crippen LogP contribution in [0.5, 0.6) is 0 Å². The molecule has 0 bridgehead atoms. The molecule has 0 aliphatic carbocycles. The van der Waals surface area contributed by atoms with Crippen molar-refractivity contribution >= 4 is 39.4 Å². The molecule has 0 spiro atoms. The van der Waals surface area contributed by atoms with Crippen LogP contribution >= 0.6 is 27.5 Å². The quantitative estimate of drug-likeness (QED) is 0.682. The van der Waals surface area contributed by atoms with Crippen LogP contribution < -0.4 is 5.32 Å². The number of carbonyl (C=O) groups is 2. The van der Waals surface area contributed by atoms with E-state index < -0.39 is 10.8 Å². The summed E-state index contributed by atoms with van der Waals surface area (Å²) in [6.07, 6.45) is 0. The second-order valence-corrected chi connectivity index (χ2v) is 4.75. The van der Waals surface area contributed by atoms with E-state index in [1.165, 1.54) is 7.11 Å². The molecule has 0 fully saturated rings. The fraction of sp³-hybridized carbons (Fsp3) is 0.273. The van der Waals surface area contributed by atoms with Gasteiger partial charge in [-0.05, 0) is 24.3 Å². The summed E-state index contributed by atoms with van der Waals surface area (Å²) in [4.78, 5) is 22.2. The van der Waals surface area contributed by atoms with Crippen LogP contribution in [-0.2, 0) is 9.53 Å². The number of halogens is 2. The van der Waals surface area contributed by atoms with Gasteiger partial charge in [0.15, 0.2) is 0 Å². The first-order valence-electron chi connectivity index (χ1n) is 4.80. The lowest BCUT2D eigenvalue weighted by Gasteiger charge is -2.09. The van der Waals surface area contributed by atoms with Crippen LogP contribution in [0.3, 0.4) is 0 Å². The van der Waals surface area contributed by atoms with Crippen molar-refractivity contribution in [2.24, 2.45) is 0 Å². The number of rotatable bonds is 4. The van der Waals surface area contributed by atoms with Gasteiger partial charge in [-0.1, -0.05) is 27.5 Å². The van der Waals surface area contributed by atoms with E-state index in [4.69, 9.17) is 11.6 Å². The first-order valence-corrected chi connectivity index (χ1v) is 6.09. The Balaban J connectivity index is 2.50. The molecule has 1 amide bonds. The van der Waals surface area contributed by atoms with E-state index in [0.717, 1.165) is 0 Å². The standard InChI is InChI=1S/C11H11BrClNO3/c1-17-11(16)9(12)6-14-10(15)7-2-4-8(13)5-3-7/h2-5,9H,6H2,1H3,(H,14,15). The molecule has 0 saturated heterocycles. The van der Waals surface area contributed by atoms with Gasteiger partial charge in [0.1, 0.15) is 4.83 Å². The Kier molecular flexibility index (Phi) is 5.44. The lowest BCUT2D eigenvalue weighted by Crippen LogP contribution is -2.33. The molecule has 0 aromatic heterocycles. The topological polar surface area (TPSA) is 55.4 Å². The van der Waals surface area contributed by atoms with Gasteiger partial charge in [0.2, 0.25) is 0 Å². The van der Waals surface area contributed by atoms with Gasteiger partial charge in [0.05, 0.1) is 7.11 Å². The second kappa shape index (κ2) is 6.61. The molecule has 0 radical (unpaired) electrons. The number of alkyl halides is 1. The van der Waals surface area contributed by atoms with Crippen LogP contribution in [0.2, 0.25) is 5.02 Å². The molecular weight excluding hydrogens is 309 g/mol. The Labute approximate surface area is 112 Å². The van der Waals surface area contributed by atoms with Crippen molar-refractivity contribution in [1.29, 1.82) is 0 Å². The zero-order valence-corrected chi connectivity index (χ0v) is 11.4. The minimum atomic E-state index is -0.552. The van der Waals surface area contributed by atoms with Crippen molar-refractivity contribution in [1.82, 2.24) is 5.32 Å². The Morgan fingerprint density at radius 2 is 2.00 bits per heavy atom. The summed E-state index contributed by atoms with van der Waals surface area (Å²) in [6, 6.07) is 6.48. The molecule has 0 heterocycles. The van der Waals surface area contributed by atoms with Crippen molar-refractivity contribution in [3.8, 4) is 0 Å². The molecule has 0 saturated carbocycles. The van der Waals surface area contributed by atoms with Crippen LogP contribution in [0.4, 0.5) is 0 Å². The zero-order valence-electron chi connectivity index (χ0n) is 9.07. The average Bonchev–Trinajstić information content (AvgIpc) is 2.35. The van der Waals surface area contributed by atoms with Gasteiger partial charge >= 0.3 is 5.97 Å². The number of benzene rings is 1. The normalized spacial score (nSPS) is 11.7. The summed E-state index contributed by atoms with van der Waals surface area (Å²) >= 11 is 8.81. The van der Waals surface area contributed by atoms with Crippen molar-refractivity contribution in [3.05, 3.63) is 34.9 Å². The number of amides is 1. The highest BCUT2D eigenvalue weighted by molar-refractivity contribution is 9.10. The lowest BCUT2D eigenvalue weighted by atomic mass is 10.2. The van der Waals surface area contributed by atoms with Gasteiger partial charge in [-0.2, -0.15) is 0 Å². The Hall–Kier alpha value is -1.07. The highest BCUT2D eigenvalue weighted by Crippen LogP contribution is 2.09. The third kappa shape index (κ3) is 4.36. The summed E-state index contributed by atoms with van der Waals surface area (Å²) in [7, 11) is 1.29. The van der Waals surface area contributed by atoms with Gasteiger partial charge < -0.3 is 10.1 Å². The molecule has 1 atom stereocenters. The van der Waals surface area contributed by atoms with Crippen LogP contribution in [0.15, 0.2) is 24.3 Å². The van der Waals surface area contributed by atoms with Crippen LogP contribution in [0.1, 0.15) is 10.4 Å².